The summed E-state index contributed by atoms with van der Waals surface area (Å²) in [6.07, 6.45) is 2.78. The van der Waals surface area contributed by atoms with Crippen molar-refractivity contribution >= 4 is 15.9 Å². The zero-order chi connectivity index (χ0) is 22.2. The van der Waals surface area contributed by atoms with Gasteiger partial charge >= 0.3 is 0 Å². The number of ether oxygens (including phenoxy) is 1. The van der Waals surface area contributed by atoms with E-state index in [-0.39, 0.29) is 16.2 Å². The fraction of sp³-hybridized carbons (Fsp3) is 0.545. The van der Waals surface area contributed by atoms with Gasteiger partial charge in [0.25, 0.3) is 0 Å². The van der Waals surface area contributed by atoms with Crippen molar-refractivity contribution in [2.45, 2.75) is 44.4 Å². The zero-order valence-electron chi connectivity index (χ0n) is 18.3. The number of carbonyl (C=O) groups is 1. The number of benzene rings is 1. The molecule has 9 heteroatoms. The molecule has 1 aromatic heterocycles. The predicted molar refractivity (Wildman–Crippen MR) is 114 cm³/mol. The molecule has 2 aromatic rings. The quantitative estimate of drug-likeness (QED) is 0.699. The van der Waals surface area contributed by atoms with Crippen LogP contribution in [-0.2, 0) is 21.2 Å². The molecule has 0 saturated carbocycles. The Morgan fingerprint density at radius 2 is 1.90 bits per heavy atom. The molecule has 168 valence electrons. The molecule has 0 aliphatic carbocycles. The van der Waals surface area contributed by atoms with Gasteiger partial charge in [-0.1, -0.05) is 17.3 Å². The van der Waals surface area contributed by atoms with Gasteiger partial charge in [0.05, 0.1) is 13.5 Å². The smallest absolute Gasteiger partial charge is 0.248 e. The number of carbonyl (C=O) groups excluding carboxylic acids is 1. The minimum absolute atomic E-state index is 0.0706. The van der Waals surface area contributed by atoms with Crippen molar-refractivity contribution in [3.63, 3.8) is 0 Å². The van der Waals surface area contributed by atoms with Crippen molar-refractivity contribution in [3.8, 4) is 5.75 Å². The molecule has 1 amide bonds. The Morgan fingerprint density at radius 1 is 1.19 bits per heavy atom. The summed E-state index contributed by atoms with van der Waals surface area (Å²) in [5, 5.41) is 3.80. The van der Waals surface area contributed by atoms with Crippen LogP contribution in [0, 0.1) is 19.3 Å². The third-order valence-corrected chi connectivity index (χ3v) is 8.73. The molecule has 8 nitrogen and oxygen atoms in total. The summed E-state index contributed by atoms with van der Waals surface area (Å²) in [6.45, 7) is 5.57. The molecule has 2 fully saturated rings. The van der Waals surface area contributed by atoms with Crippen molar-refractivity contribution < 1.29 is 22.5 Å². The molecule has 0 bridgehead atoms. The molecule has 2 saturated heterocycles. The van der Waals surface area contributed by atoms with Crippen LogP contribution in [-0.4, -0.2) is 62.0 Å². The summed E-state index contributed by atoms with van der Waals surface area (Å²) in [5.74, 6) is 1.17. The average molecular weight is 448 g/mol. The van der Waals surface area contributed by atoms with Crippen LogP contribution in [0.5, 0.6) is 5.75 Å². The topological polar surface area (TPSA) is 93.0 Å². The molecule has 1 spiro atoms. The van der Waals surface area contributed by atoms with Gasteiger partial charge in [0, 0.05) is 26.2 Å². The molecule has 2 aliphatic rings. The summed E-state index contributed by atoms with van der Waals surface area (Å²) >= 11 is 0. The second-order valence-corrected chi connectivity index (χ2v) is 10.5. The molecule has 1 aromatic carbocycles. The van der Waals surface area contributed by atoms with E-state index < -0.39 is 10.0 Å². The third kappa shape index (κ3) is 4.21. The van der Waals surface area contributed by atoms with E-state index in [0.717, 1.165) is 30.6 Å². The fourth-order valence-corrected chi connectivity index (χ4v) is 6.62. The van der Waals surface area contributed by atoms with Crippen molar-refractivity contribution in [2.24, 2.45) is 5.41 Å². The van der Waals surface area contributed by atoms with Crippen molar-refractivity contribution in [3.05, 3.63) is 41.3 Å². The highest BCUT2D eigenvalue weighted by molar-refractivity contribution is 7.89. The second kappa shape index (κ2) is 8.27. The number of piperidine rings is 1. The molecule has 0 radical (unpaired) electrons. The van der Waals surface area contributed by atoms with Gasteiger partial charge in [-0.25, -0.2) is 8.42 Å². The van der Waals surface area contributed by atoms with Crippen LogP contribution < -0.4 is 4.74 Å². The minimum atomic E-state index is -3.62. The van der Waals surface area contributed by atoms with Crippen molar-refractivity contribution in [1.82, 2.24) is 14.4 Å². The number of amides is 1. The van der Waals surface area contributed by atoms with Gasteiger partial charge in [0.15, 0.2) is 5.76 Å². The van der Waals surface area contributed by atoms with E-state index in [9.17, 15) is 13.2 Å². The first-order valence-corrected chi connectivity index (χ1v) is 12.0. The van der Waals surface area contributed by atoms with Crippen LogP contribution in [0.4, 0.5) is 0 Å². The molecular weight excluding hydrogens is 418 g/mol. The molecule has 3 heterocycles. The van der Waals surface area contributed by atoms with Gasteiger partial charge in [-0.2, -0.15) is 4.31 Å². The van der Waals surface area contributed by atoms with E-state index in [0.29, 0.717) is 44.1 Å². The number of aromatic nitrogens is 1. The van der Waals surface area contributed by atoms with Gasteiger partial charge < -0.3 is 14.2 Å². The lowest BCUT2D eigenvalue weighted by Gasteiger charge is -2.39. The largest absolute Gasteiger partial charge is 0.497 e. The highest BCUT2D eigenvalue weighted by atomic mass is 32.2. The van der Waals surface area contributed by atoms with Gasteiger partial charge in [0.1, 0.15) is 16.3 Å². The van der Waals surface area contributed by atoms with E-state index >= 15 is 0 Å². The van der Waals surface area contributed by atoms with Crippen LogP contribution in [0.15, 0.2) is 33.7 Å². The monoisotopic (exact) mass is 447 g/mol. The Hall–Kier alpha value is -2.39. The Bertz CT molecular complexity index is 1050. The molecule has 31 heavy (non-hydrogen) atoms. The predicted octanol–water partition coefficient (Wildman–Crippen LogP) is 2.55. The first-order valence-electron chi connectivity index (χ1n) is 10.6. The highest BCUT2D eigenvalue weighted by Gasteiger charge is 2.46. The minimum Gasteiger partial charge on any atom is -0.497 e. The summed E-state index contributed by atoms with van der Waals surface area (Å²) in [4.78, 5) is 14.9. The van der Waals surface area contributed by atoms with Gasteiger partial charge in [0.2, 0.25) is 15.9 Å². The van der Waals surface area contributed by atoms with Crippen molar-refractivity contribution in [1.29, 1.82) is 0 Å². The van der Waals surface area contributed by atoms with Gasteiger partial charge in [-0.3, -0.25) is 4.79 Å². The number of likely N-dealkylation sites (tertiary alicyclic amines) is 1. The molecule has 0 atom stereocenters. The second-order valence-electron chi connectivity index (χ2n) is 8.65. The Kier molecular flexibility index (Phi) is 5.83. The lowest BCUT2D eigenvalue weighted by molar-refractivity contribution is -0.132. The zero-order valence-corrected chi connectivity index (χ0v) is 19.1. The standard InChI is InChI=1S/C22H29N3O5S/c1-16-21(17(2)30-23-16)31(27,28)25-12-9-22(15-25)7-10-24(11-8-22)20(26)14-18-5-4-6-19(13-18)29-3/h4-6,13H,7-12,14-15H2,1-3H3. The van der Waals surface area contributed by atoms with Gasteiger partial charge in [-0.15, -0.1) is 0 Å². The van der Waals surface area contributed by atoms with Crippen LogP contribution in [0.3, 0.4) is 0 Å². The van der Waals surface area contributed by atoms with E-state index in [1.54, 1.807) is 25.3 Å². The number of aryl methyl sites for hydroxylation is 2. The maximum Gasteiger partial charge on any atom is 0.248 e. The van der Waals surface area contributed by atoms with E-state index in [2.05, 4.69) is 5.16 Å². The van der Waals surface area contributed by atoms with E-state index in [4.69, 9.17) is 9.26 Å². The third-order valence-electron chi connectivity index (χ3n) is 6.64. The SMILES string of the molecule is COc1cccc(CC(=O)N2CCC3(CC2)CCN(S(=O)(=O)c2c(C)noc2C)C3)c1. The van der Waals surface area contributed by atoms with Crippen LogP contribution in [0.25, 0.3) is 0 Å². The number of sulfonamides is 1. The Morgan fingerprint density at radius 3 is 2.55 bits per heavy atom. The maximum atomic E-state index is 13.1. The first kappa shape index (κ1) is 21.8. The average Bonchev–Trinajstić information content (AvgIpc) is 3.32. The molecule has 4 rings (SSSR count). The summed E-state index contributed by atoms with van der Waals surface area (Å²) in [6, 6.07) is 7.57. The Labute approximate surface area is 183 Å². The maximum absolute atomic E-state index is 13.1. The summed E-state index contributed by atoms with van der Waals surface area (Å²) in [7, 11) is -2.01. The highest BCUT2D eigenvalue weighted by Crippen LogP contribution is 2.42. The number of hydrogen-bond donors (Lipinski definition) is 0. The molecule has 0 unspecified atom stereocenters. The van der Waals surface area contributed by atoms with Crippen LogP contribution in [0.2, 0.25) is 0 Å². The number of rotatable bonds is 5. The summed E-state index contributed by atoms with van der Waals surface area (Å²) in [5.41, 5.74) is 1.26. The Balaban J connectivity index is 1.38. The number of nitrogens with zero attached hydrogens (tertiary/aromatic N) is 3. The lowest BCUT2D eigenvalue weighted by atomic mass is 9.78. The number of methoxy groups -OCH3 is 1. The van der Waals surface area contributed by atoms with E-state index in [1.165, 1.54) is 0 Å². The lowest BCUT2D eigenvalue weighted by Crippen LogP contribution is -2.45. The summed E-state index contributed by atoms with van der Waals surface area (Å²) < 4.78 is 38.2. The molecule has 2 aliphatic heterocycles. The van der Waals surface area contributed by atoms with Crippen molar-refractivity contribution in [2.75, 3.05) is 33.3 Å². The first-order chi connectivity index (χ1) is 14.7. The number of hydrogen-bond acceptors (Lipinski definition) is 6. The van der Waals surface area contributed by atoms with E-state index in [1.807, 2.05) is 29.2 Å². The molecular formula is C22H29N3O5S. The fourth-order valence-electron chi connectivity index (χ4n) is 4.78. The van der Waals surface area contributed by atoms with Crippen LogP contribution in [0.1, 0.15) is 36.3 Å². The molecule has 0 N–H and O–H groups in total. The van der Waals surface area contributed by atoms with Gasteiger partial charge in [-0.05, 0) is 56.2 Å². The van der Waals surface area contributed by atoms with Crippen LogP contribution >= 0.6 is 0 Å². The normalized spacial score (nSPS) is 19.1.